The van der Waals surface area contributed by atoms with Crippen molar-refractivity contribution in [2.45, 2.75) is 23.8 Å². The zero-order valence-corrected chi connectivity index (χ0v) is 16.6. The van der Waals surface area contributed by atoms with Gasteiger partial charge in [-0.15, -0.1) is 0 Å². The minimum atomic E-state index is -3.33. The Kier molecular flexibility index (Phi) is 5.66. The Hall–Kier alpha value is -2.52. The number of sulfone groups is 1. The van der Waals surface area contributed by atoms with E-state index in [1.807, 2.05) is 0 Å². The quantitative estimate of drug-likeness (QED) is 0.804. The molecule has 1 fully saturated rings. The second-order valence-corrected chi connectivity index (χ2v) is 8.97. The van der Waals surface area contributed by atoms with Crippen LogP contribution in [0.3, 0.4) is 0 Å². The van der Waals surface area contributed by atoms with Crippen LogP contribution in [0.4, 0.5) is 4.79 Å². The summed E-state index contributed by atoms with van der Waals surface area (Å²) in [5, 5.41) is 9.21. The van der Waals surface area contributed by atoms with Crippen molar-refractivity contribution >= 4 is 27.5 Å². The number of hydrogen-bond donors (Lipinski definition) is 1. The van der Waals surface area contributed by atoms with Gasteiger partial charge in [0.05, 0.1) is 9.92 Å². The summed E-state index contributed by atoms with van der Waals surface area (Å²) in [6.07, 6.45) is 2.37. The molecule has 3 rings (SSSR count). The topological polar surface area (TPSA) is 106 Å². The molecule has 1 N–H and O–H groups in total. The molecular weight excluding hydrogens is 408 g/mol. The van der Waals surface area contributed by atoms with Gasteiger partial charge in [0.15, 0.2) is 9.84 Å². The van der Waals surface area contributed by atoms with E-state index in [-0.39, 0.29) is 27.3 Å². The van der Waals surface area contributed by atoms with Crippen LogP contribution >= 0.6 is 11.6 Å². The first-order valence-electron chi connectivity index (χ1n) is 8.52. The molecule has 0 atom stereocenters. The minimum Gasteiger partial charge on any atom is -0.488 e. The van der Waals surface area contributed by atoms with E-state index < -0.39 is 15.9 Å². The predicted molar refractivity (Wildman–Crippen MR) is 103 cm³/mol. The molecule has 1 aliphatic rings. The number of aromatic nitrogens is 1. The van der Waals surface area contributed by atoms with Crippen LogP contribution in [0.5, 0.6) is 5.75 Å². The Morgan fingerprint density at radius 1 is 1.21 bits per heavy atom. The zero-order chi connectivity index (χ0) is 20.5. The van der Waals surface area contributed by atoms with Crippen LogP contribution < -0.4 is 10.3 Å². The maximum absolute atomic E-state index is 12.5. The smallest absolute Gasteiger partial charge is 0.407 e. The highest BCUT2D eigenvalue weighted by Crippen LogP contribution is 2.26. The Morgan fingerprint density at radius 3 is 2.36 bits per heavy atom. The third-order valence-corrected chi connectivity index (χ3v) is 5.93. The summed E-state index contributed by atoms with van der Waals surface area (Å²) in [4.78, 5) is 24.9. The van der Waals surface area contributed by atoms with E-state index in [1.54, 1.807) is 0 Å². The third-order valence-electron chi connectivity index (χ3n) is 4.52. The Morgan fingerprint density at radius 2 is 1.82 bits per heavy atom. The summed E-state index contributed by atoms with van der Waals surface area (Å²) in [6, 6.07) is 7.17. The van der Waals surface area contributed by atoms with Gasteiger partial charge in [-0.1, -0.05) is 11.6 Å². The van der Waals surface area contributed by atoms with Crippen molar-refractivity contribution in [2.24, 2.45) is 0 Å². The summed E-state index contributed by atoms with van der Waals surface area (Å²) in [7, 11) is -3.33. The molecule has 2 aromatic rings. The average molecular weight is 427 g/mol. The van der Waals surface area contributed by atoms with Gasteiger partial charge in [-0.2, -0.15) is 0 Å². The Labute approximate surface area is 166 Å². The number of piperidine rings is 1. The number of pyridine rings is 1. The van der Waals surface area contributed by atoms with E-state index in [0.29, 0.717) is 31.6 Å². The largest absolute Gasteiger partial charge is 0.488 e. The van der Waals surface area contributed by atoms with Gasteiger partial charge in [0, 0.05) is 50.1 Å². The molecule has 1 aliphatic heterocycles. The van der Waals surface area contributed by atoms with Crippen molar-refractivity contribution in [2.75, 3.05) is 19.3 Å². The van der Waals surface area contributed by atoms with Crippen LogP contribution in [0.25, 0.3) is 5.69 Å². The molecule has 0 aliphatic carbocycles. The van der Waals surface area contributed by atoms with Gasteiger partial charge < -0.3 is 14.7 Å². The number of halogens is 1. The van der Waals surface area contributed by atoms with Crippen molar-refractivity contribution in [3.63, 3.8) is 0 Å². The molecule has 0 radical (unpaired) electrons. The highest BCUT2D eigenvalue weighted by atomic mass is 35.5. The highest BCUT2D eigenvalue weighted by molar-refractivity contribution is 7.90. The van der Waals surface area contributed by atoms with Gasteiger partial charge in [0.1, 0.15) is 11.9 Å². The standard InChI is InChI=1S/C18H19ClN2O6S/c1-28(25,26)14-4-2-12(3-5-14)21-11-15(19)16(10-17(21)22)27-13-6-8-20(9-7-13)18(23)24/h2-5,10-11,13H,6-9H2,1H3,(H,23,24). The van der Waals surface area contributed by atoms with Gasteiger partial charge in [-0.3, -0.25) is 9.36 Å². The lowest BCUT2D eigenvalue weighted by Crippen LogP contribution is -2.41. The average Bonchev–Trinajstić information content (AvgIpc) is 2.64. The van der Waals surface area contributed by atoms with Crippen molar-refractivity contribution in [1.29, 1.82) is 0 Å². The summed E-state index contributed by atoms with van der Waals surface area (Å²) in [5.41, 5.74) is 0.0927. The first kappa shape index (κ1) is 20.2. The van der Waals surface area contributed by atoms with Crippen LogP contribution in [-0.2, 0) is 9.84 Å². The lowest BCUT2D eigenvalue weighted by molar-refractivity contribution is 0.0894. The SMILES string of the molecule is CS(=O)(=O)c1ccc(-n2cc(Cl)c(OC3CCN(C(=O)O)CC3)cc2=O)cc1. The fourth-order valence-corrected chi connectivity index (χ4v) is 3.81. The van der Waals surface area contributed by atoms with Crippen LogP contribution in [-0.4, -0.2) is 54.5 Å². The molecular formula is C18H19ClN2O6S. The summed E-state index contributed by atoms with van der Waals surface area (Å²) < 4.78 is 30.2. The molecule has 28 heavy (non-hydrogen) atoms. The molecule has 2 heterocycles. The van der Waals surface area contributed by atoms with Gasteiger partial charge in [0.2, 0.25) is 0 Å². The molecule has 1 saturated heterocycles. The van der Waals surface area contributed by atoms with Crippen molar-refractivity contribution in [1.82, 2.24) is 9.47 Å². The van der Waals surface area contributed by atoms with Gasteiger partial charge >= 0.3 is 6.09 Å². The van der Waals surface area contributed by atoms with Crippen molar-refractivity contribution in [3.05, 3.63) is 51.9 Å². The fourth-order valence-electron chi connectivity index (χ4n) is 2.98. The minimum absolute atomic E-state index is 0.156. The second-order valence-electron chi connectivity index (χ2n) is 6.55. The van der Waals surface area contributed by atoms with Crippen LogP contribution in [0.2, 0.25) is 5.02 Å². The van der Waals surface area contributed by atoms with Crippen LogP contribution in [0, 0.1) is 0 Å². The maximum Gasteiger partial charge on any atom is 0.407 e. The molecule has 10 heteroatoms. The van der Waals surface area contributed by atoms with Gasteiger partial charge in [0.25, 0.3) is 5.56 Å². The van der Waals surface area contributed by atoms with E-state index in [9.17, 15) is 18.0 Å². The van der Waals surface area contributed by atoms with Crippen LogP contribution in [0.1, 0.15) is 12.8 Å². The second kappa shape index (κ2) is 7.84. The lowest BCUT2D eigenvalue weighted by Gasteiger charge is -2.30. The Bertz CT molecular complexity index is 1040. The summed E-state index contributed by atoms with van der Waals surface area (Å²) >= 11 is 6.27. The number of hydrogen-bond acceptors (Lipinski definition) is 5. The molecule has 8 nitrogen and oxygen atoms in total. The van der Waals surface area contributed by atoms with Gasteiger partial charge in [-0.25, -0.2) is 13.2 Å². The van der Waals surface area contributed by atoms with E-state index in [2.05, 4.69) is 0 Å². The first-order valence-corrected chi connectivity index (χ1v) is 10.8. The maximum atomic E-state index is 12.5. The molecule has 1 aromatic carbocycles. The number of carbonyl (C=O) groups is 1. The fraction of sp³-hybridized carbons (Fsp3) is 0.333. The van der Waals surface area contributed by atoms with Gasteiger partial charge in [-0.05, 0) is 24.3 Å². The van der Waals surface area contributed by atoms with Crippen molar-refractivity contribution < 1.29 is 23.1 Å². The molecule has 0 spiro atoms. The molecule has 150 valence electrons. The number of amides is 1. The molecule has 0 unspecified atom stereocenters. The number of benzene rings is 1. The number of likely N-dealkylation sites (tertiary alicyclic amines) is 1. The first-order chi connectivity index (χ1) is 13.1. The third kappa shape index (κ3) is 4.48. The number of nitrogens with zero attached hydrogens (tertiary/aromatic N) is 2. The summed E-state index contributed by atoms with van der Waals surface area (Å²) in [6.45, 7) is 0.725. The Balaban J connectivity index is 1.78. The molecule has 0 saturated carbocycles. The van der Waals surface area contributed by atoms with E-state index in [1.165, 1.54) is 46.0 Å². The lowest BCUT2D eigenvalue weighted by atomic mass is 10.1. The normalized spacial score (nSPS) is 15.4. The zero-order valence-electron chi connectivity index (χ0n) is 15.0. The number of ether oxygens (including phenoxy) is 1. The monoisotopic (exact) mass is 426 g/mol. The van der Waals surface area contributed by atoms with E-state index in [4.69, 9.17) is 21.4 Å². The van der Waals surface area contributed by atoms with Crippen molar-refractivity contribution in [3.8, 4) is 11.4 Å². The van der Waals surface area contributed by atoms with E-state index >= 15 is 0 Å². The number of rotatable bonds is 4. The number of carboxylic acid groups (broad SMARTS) is 1. The van der Waals surface area contributed by atoms with E-state index in [0.717, 1.165) is 6.26 Å². The summed E-state index contributed by atoms with van der Waals surface area (Å²) in [5.74, 6) is 0.240. The predicted octanol–water partition coefficient (Wildman–Crippen LogP) is 2.42. The highest BCUT2D eigenvalue weighted by Gasteiger charge is 2.24. The molecule has 0 bridgehead atoms. The molecule has 1 amide bonds. The molecule has 1 aromatic heterocycles. The van der Waals surface area contributed by atoms with Crippen LogP contribution in [0.15, 0.2) is 46.2 Å².